The normalized spacial score (nSPS) is 14.4. The fraction of sp³-hybridized carbons (Fsp3) is 0.529. The van der Waals surface area contributed by atoms with Gasteiger partial charge in [-0.15, -0.1) is 0 Å². The third kappa shape index (κ3) is 4.84. The lowest BCUT2D eigenvalue weighted by Crippen LogP contribution is -2.42. The first-order valence-electron chi connectivity index (χ1n) is 8.44. The molecule has 2 amide bonds. The molecule has 142 valence electrons. The van der Waals surface area contributed by atoms with Crippen molar-refractivity contribution in [3.05, 3.63) is 27.8 Å². The van der Waals surface area contributed by atoms with E-state index in [-0.39, 0.29) is 35.6 Å². The minimum absolute atomic E-state index is 0.128. The number of nitrogens with one attached hydrogen (secondary N) is 2. The van der Waals surface area contributed by atoms with E-state index in [0.29, 0.717) is 0 Å². The zero-order valence-electron chi connectivity index (χ0n) is 14.9. The molecule has 9 heteroatoms. The molecule has 2 N–H and O–H groups in total. The number of methoxy groups -OCH3 is 2. The summed E-state index contributed by atoms with van der Waals surface area (Å²) in [6, 6.07) is 2.48. The highest BCUT2D eigenvalue weighted by molar-refractivity contribution is 6.00. The van der Waals surface area contributed by atoms with Gasteiger partial charge in [0.2, 0.25) is 5.91 Å². The van der Waals surface area contributed by atoms with Gasteiger partial charge in [-0.2, -0.15) is 0 Å². The fourth-order valence-corrected chi connectivity index (χ4v) is 2.98. The molecule has 1 aliphatic rings. The van der Waals surface area contributed by atoms with Gasteiger partial charge >= 0.3 is 0 Å². The molecule has 1 fully saturated rings. The number of nitro groups is 1. The van der Waals surface area contributed by atoms with E-state index in [1.807, 2.05) is 0 Å². The minimum atomic E-state index is -0.726. The highest BCUT2D eigenvalue weighted by Crippen LogP contribution is 2.34. The van der Waals surface area contributed by atoms with Crippen molar-refractivity contribution in [2.45, 2.75) is 38.1 Å². The maximum atomic E-state index is 12.3. The second kappa shape index (κ2) is 9.02. The molecule has 0 bridgehead atoms. The van der Waals surface area contributed by atoms with E-state index in [9.17, 15) is 19.7 Å². The number of carbonyl (C=O) groups excluding carboxylic acids is 2. The van der Waals surface area contributed by atoms with Gasteiger partial charge in [-0.25, -0.2) is 0 Å². The van der Waals surface area contributed by atoms with Crippen LogP contribution >= 0.6 is 0 Å². The van der Waals surface area contributed by atoms with Gasteiger partial charge in [-0.1, -0.05) is 19.3 Å². The SMILES string of the molecule is COc1cc(C(=O)NCC(=O)NC2CCCCC2)c([N+](=O)[O-])cc1OC. The van der Waals surface area contributed by atoms with Crippen LogP contribution in [0.3, 0.4) is 0 Å². The first-order chi connectivity index (χ1) is 12.5. The molecule has 1 saturated carbocycles. The van der Waals surface area contributed by atoms with E-state index < -0.39 is 16.5 Å². The van der Waals surface area contributed by atoms with Gasteiger partial charge in [0.1, 0.15) is 5.56 Å². The van der Waals surface area contributed by atoms with Crippen molar-refractivity contribution in [2.75, 3.05) is 20.8 Å². The number of rotatable bonds is 7. The molecule has 0 aromatic heterocycles. The maximum absolute atomic E-state index is 12.3. The van der Waals surface area contributed by atoms with Crippen LogP contribution < -0.4 is 20.1 Å². The molecule has 26 heavy (non-hydrogen) atoms. The third-order valence-corrected chi connectivity index (χ3v) is 4.32. The summed E-state index contributed by atoms with van der Waals surface area (Å²) in [5, 5.41) is 16.5. The number of nitrogens with zero attached hydrogens (tertiary/aromatic N) is 1. The Balaban J connectivity index is 2.05. The van der Waals surface area contributed by atoms with E-state index in [1.54, 1.807) is 0 Å². The molecule has 2 rings (SSSR count). The molecule has 0 heterocycles. The average Bonchev–Trinajstić information content (AvgIpc) is 2.65. The van der Waals surface area contributed by atoms with Crippen LogP contribution in [0.2, 0.25) is 0 Å². The van der Waals surface area contributed by atoms with Crippen LogP contribution in [0, 0.1) is 10.1 Å². The van der Waals surface area contributed by atoms with Crippen molar-refractivity contribution in [3.8, 4) is 11.5 Å². The van der Waals surface area contributed by atoms with Crippen LogP contribution in [-0.2, 0) is 4.79 Å². The molecule has 1 aromatic rings. The quantitative estimate of drug-likeness (QED) is 0.561. The summed E-state index contributed by atoms with van der Waals surface area (Å²) >= 11 is 0. The van der Waals surface area contributed by atoms with Gasteiger partial charge in [0.15, 0.2) is 11.5 Å². The summed E-state index contributed by atoms with van der Waals surface area (Å²) in [7, 11) is 2.71. The van der Waals surface area contributed by atoms with E-state index in [4.69, 9.17) is 9.47 Å². The third-order valence-electron chi connectivity index (χ3n) is 4.32. The fourth-order valence-electron chi connectivity index (χ4n) is 2.98. The van der Waals surface area contributed by atoms with Crippen molar-refractivity contribution in [3.63, 3.8) is 0 Å². The van der Waals surface area contributed by atoms with Crippen molar-refractivity contribution in [1.29, 1.82) is 0 Å². The molecule has 0 unspecified atom stereocenters. The molecular weight excluding hydrogens is 342 g/mol. The Kier molecular flexibility index (Phi) is 6.76. The predicted molar refractivity (Wildman–Crippen MR) is 93.5 cm³/mol. The number of carbonyl (C=O) groups is 2. The second-order valence-electron chi connectivity index (χ2n) is 6.07. The van der Waals surface area contributed by atoms with Gasteiger partial charge in [0.05, 0.1) is 31.8 Å². The lowest BCUT2D eigenvalue weighted by Gasteiger charge is -2.22. The smallest absolute Gasteiger partial charge is 0.286 e. The van der Waals surface area contributed by atoms with Crippen molar-refractivity contribution in [2.24, 2.45) is 0 Å². The summed E-state index contributed by atoms with van der Waals surface area (Å²) in [4.78, 5) is 34.9. The molecule has 0 atom stereocenters. The Morgan fingerprint density at radius 2 is 1.77 bits per heavy atom. The molecule has 9 nitrogen and oxygen atoms in total. The lowest BCUT2D eigenvalue weighted by molar-refractivity contribution is -0.385. The molecule has 0 radical (unpaired) electrons. The Morgan fingerprint density at radius 3 is 2.35 bits per heavy atom. The van der Waals surface area contributed by atoms with Crippen LogP contribution in [0.15, 0.2) is 12.1 Å². The van der Waals surface area contributed by atoms with Crippen molar-refractivity contribution in [1.82, 2.24) is 10.6 Å². The first kappa shape index (κ1) is 19.5. The van der Waals surface area contributed by atoms with E-state index in [0.717, 1.165) is 31.7 Å². The number of amides is 2. The standard InChI is InChI=1S/C17H23N3O6/c1-25-14-8-12(13(20(23)24)9-15(14)26-2)17(22)18-10-16(21)19-11-6-4-3-5-7-11/h8-9,11H,3-7,10H2,1-2H3,(H,18,22)(H,19,21). The average molecular weight is 365 g/mol. The lowest BCUT2D eigenvalue weighted by atomic mass is 9.95. The largest absolute Gasteiger partial charge is 0.493 e. The number of benzene rings is 1. The van der Waals surface area contributed by atoms with E-state index in [1.165, 1.54) is 26.7 Å². The predicted octanol–water partition coefficient (Wildman–Crippen LogP) is 1.79. The Bertz CT molecular complexity index is 685. The molecule has 0 aliphatic heterocycles. The summed E-state index contributed by atoms with van der Waals surface area (Å²) in [6.45, 7) is -0.249. The van der Waals surface area contributed by atoms with E-state index in [2.05, 4.69) is 10.6 Å². The minimum Gasteiger partial charge on any atom is -0.493 e. The van der Waals surface area contributed by atoms with Gasteiger partial charge in [0.25, 0.3) is 11.6 Å². The van der Waals surface area contributed by atoms with Crippen LogP contribution in [0.1, 0.15) is 42.5 Å². The molecule has 1 aromatic carbocycles. The number of hydrogen-bond donors (Lipinski definition) is 2. The number of ether oxygens (including phenoxy) is 2. The van der Waals surface area contributed by atoms with Crippen molar-refractivity contribution < 1.29 is 24.0 Å². The van der Waals surface area contributed by atoms with Crippen LogP contribution in [0.25, 0.3) is 0 Å². The second-order valence-corrected chi connectivity index (χ2v) is 6.07. The topological polar surface area (TPSA) is 120 Å². The summed E-state index contributed by atoms with van der Waals surface area (Å²) in [5.41, 5.74) is -0.619. The Morgan fingerprint density at radius 1 is 1.15 bits per heavy atom. The molecule has 0 spiro atoms. The van der Waals surface area contributed by atoms with Crippen LogP contribution in [-0.4, -0.2) is 43.5 Å². The van der Waals surface area contributed by atoms with Crippen LogP contribution in [0.5, 0.6) is 11.5 Å². The highest BCUT2D eigenvalue weighted by atomic mass is 16.6. The molecule has 0 saturated heterocycles. The molecular formula is C17H23N3O6. The van der Waals surface area contributed by atoms with Gasteiger partial charge in [-0.05, 0) is 12.8 Å². The monoisotopic (exact) mass is 365 g/mol. The Hall–Kier alpha value is -2.84. The van der Waals surface area contributed by atoms with Gasteiger partial charge < -0.3 is 20.1 Å². The first-order valence-corrected chi connectivity index (χ1v) is 8.44. The van der Waals surface area contributed by atoms with Gasteiger partial charge in [0, 0.05) is 12.1 Å². The van der Waals surface area contributed by atoms with Crippen LogP contribution in [0.4, 0.5) is 5.69 Å². The summed E-state index contributed by atoms with van der Waals surface area (Å²) in [5.74, 6) is -0.703. The summed E-state index contributed by atoms with van der Waals surface area (Å²) in [6.07, 6.45) is 5.19. The van der Waals surface area contributed by atoms with Gasteiger partial charge in [-0.3, -0.25) is 19.7 Å². The highest BCUT2D eigenvalue weighted by Gasteiger charge is 2.25. The van der Waals surface area contributed by atoms with Crippen molar-refractivity contribution >= 4 is 17.5 Å². The number of hydrogen-bond acceptors (Lipinski definition) is 6. The number of nitro benzene ring substituents is 1. The van der Waals surface area contributed by atoms with E-state index >= 15 is 0 Å². The zero-order chi connectivity index (χ0) is 19.1. The molecule has 1 aliphatic carbocycles. The Labute approximate surface area is 151 Å². The zero-order valence-corrected chi connectivity index (χ0v) is 14.9. The summed E-state index contributed by atoms with van der Waals surface area (Å²) < 4.78 is 10.1. The maximum Gasteiger partial charge on any atom is 0.286 e.